The van der Waals surface area contributed by atoms with Crippen molar-refractivity contribution < 1.29 is 17.9 Å². The maximum Gasteiger partial charge on any atom is 0.388 e. The third-order valence-corrected chi connectivity index (χ3v) is 3.49. The standard InChI is InChI=1S/C13H8Cl2F3N3O/c1-21-12(22-13(17)18)10(15)11(20-21)7-4-6(2-3-19)8(14)5-9(7)16/h4-5,13H,2H2,1H3. The number of ether oxygens (including phenoxy) is 1. The Bertz CT molecular complexity index is 756. The molecule has 0 saturated heterocycles. The molecule has 0 aliphatic rings. The zero-order chi connectivity index (χ0) is 16.4. The SMILES string of the molecule is Cn1nc(-c2cc(CC#N)c(Cl)cc2F)c(Cl)c1OC(F)F. The number of nitrogens with zero attached hydrogens (tertiary/aromatic N) is 3. The summed E-state index contributed by atoms with van der Waals surface area (Å²) >= 11 is 11.8. The zero-order valence-electron chi connectivity index (χ0n) is 11.1. The molecule has 0 atom stereocenters. The fourth-order valence-corrected chi connectivity index (χ4v) is 2.39. The number of hydrogen-bond acceptors (Lipinski definition) is 3. The van der Waals surface area contributed by atoms with Crippen LogP contribution in [-0.4, -0.2) is 16.4 Å². The van der Waals surface area contributed by atoms with Crippen molar-refractivity contribution in [2.75, 3.05) is 0 Å². The van der Waals surface area contributed by atoms with Gasteiger partial charge in [-0.25, -0.2) is 9.07 Å². The van der Waals surface area contributed by atoms with Crippen molar-refractivity contribution in [1.29, 1.82) is 5.26 Å². The van der Waals surface area contributed by atoms with Crippen molar-refractivity contribution in [3.63, 3.8) is 0 Å². The summed E-state index contributed by atoms with van der Waals surface area (Å²) < 4.78 is 44.0. The number of aromatic nitrogens is 2. The molecule has 116 valence electrons. The Morgan fingerprint density at radius 3 is 2.68 bits per heavy atom. The van der Waals surface area contributed by atoms with Gasteiger partial charge in [-0.3, -0.25) is 0 Å². The molecule has 0 radical (unpaired) electrons. The molecule has 0 aliphatic heterocycles. The number of alkyl halides is 2. The molecule has 1 aromatic heterocycles. The van der Waals surface area contributed by atoms with Crippen molar-refractivity contribution in [3.05, 3.63) is 33.6 Å². The number of rotatable bonds is 4. The van der Waals surface area contributed by atoms with Gasteiger partial charge in [0.2, 0.25) is 5.88 Å². The Morgan fingerprint density at radius 1 is 1.41 bits per heavy atom. The van der Waals surface area contributed by atoms with Crippen LogP contribution < -0.4 is 4.74 Å². The summed E-state index contributed by atoms with van der Waals surface area (Å²) in [6.45, 7) is -3.09. The lowest BCUT2D eigenvalue weighted by atomic mass is 10.1. The van der Waals surface area contributed by atoms with E-state index in [4.69, 9.17) is 28.5 Å². The Hall–Kier alpha value is -1.91. The van der Waals surface area contributed by atoms with E-state index in [0.29, 0.717) is 5.56 Å². The molecule has 0 aliphatic carbocycles. The molecule has 0 N–H and O–H groups in total. The minimum absolute atomic E-state index is 0.0447. The van der Waals surface area contributed by atoms with E-state index in [9.17, 15) is 13.2 Å². The van der Waals surface area contributed by atoms with Crippen LogP contribution in [-0.2, 0) is 13.5 Å². The normalized spacial score (nSPS) is 10.8. The highest BCUT2D eigenvalue weighted by Crippen LogP contribution is 2.38. The maximum absolute atomic E-state index is 14.1. The second kappa shape index (κ2) is 6.46. The molecule has 0 fully saturated rings. The molecule has 0 bridgehead atoms. The van der Waals surface area contributed by atoms with E-state index in [1.165, 1.54) is 13.1 Å². The van der Waals surface area contributed by atoms with Gasteiger partial charge < -0.3 is 4.74 Å². The predicted octanol–water partition coefficient (Wildman–Crippen LogP) is 4.20. The van der Waals surface area contributed by atoms with E-state index in [1.807, 2.05) is 6.07 Å². The summed E-state index contributed by atoms with van der Waals surface area (Å²) in [6.07, 6.45) is -0.0447. The van der Waals surface area contributed by atoms with E-state index in [-0.39, 0.29) is 33.6 Å². The van der Waals surface area contributed by atoms with Crippen molar-refractivity contribution in [2.45, 2.75) is 13.0 Å². The fourth-order valence-electron chi connectivity index (χ4n) is 1.86. The quantitative estimate of drug-likeness (QED) is 0.830. The topological polar surface area (TPSA) is 50.8 Å². The first-order valence-electron chi connectivity index (χ1n) is 5.87. The van der Waals surface area contributed by atoms with E-state index < -0.39 is 12.4 Å². The van der Waals surface area contributed by atoms with E-state index in [1.54, 1.807) is 0 Å². The lowest BCUT2D eigenvalue weighted by Gasteiger charge is -2.06. The van der Waals surface area contributed by atoms with Gasteiger partial charge in [-0.15, -0.1) is 0 Å². The number of hydrogen-bond donors (Lipinski definition) is 0. The molecule has 0 unspecified atom stereocenters. The van der Waals surface area contributed by atoms with Crippen LogP contribution >= 0.6 is 23.2 Å². The second-order valence-corrected chi connectivity index (χ2v) is 5.01. The monoisotopic (exact) mass is 349 g/mol. The van der Waals surface area contributed by atoms with Gasteiger partial charge in [0.15, 0.2) is 0 Å². The van der Waals surface area contributed by atoms with E-state index in [0.717, 1.165) is 10.7 Å². The second-order valence-electron chi connectivity index (χ2n) is 4.23. The summed E-state index contributed by atoms with van der Waals surface area (Å²) in [6, 6.07) is 4.21. The van der Waals surface area contributed by atoms with Gasteiger partial charge in [0.05, 0.1) is 12.5 Å². The lowest BCUT2D eigenvalue weighted by Crippen LogP contribution is -2.06. The highest BCUT2D eigenvalue weighted by Gasteiger charge is 2.23. The van der Waals surface area contributed by atoms with E-state index >= 15 is 0 Å². The third-order valence-electron chi connectivity index (χ3n) is 2.80. The van der Waals surface area contributed by atoms with Crippen molar-refractivity contribution in [3.8, 4) is 23.2 Å². The minimum Gasteiger partial charge on any atom is -0.416 e. The molecule has 2 rings (SSSR count). The molecular formula is C13H8Cl2F3N3O. The third kappa shape index (κ3) is 3.13. The number of nitriles is 1. The average Bonchev–Trinajstić information content (AvgIpc) is 2.69. The van der Waals surface area contributed by atoms with Crippen molar-refractivity contribution >= 4 is 23.2 Å². The molecule has 2 aromatic rings. The first-order chi connectivity index (χ1) is 10.3. The Labute approximate surface area is 133 Å². The van der Waals surface area contributed by atoms with Crippen LogP contribution in [0.4, 0.5) is 13.2 Å². The van der Waals surface area contributed by atoms with Gasteiger partial charge in [-0.05, 0) is 17.7 Å². The fraction of sp³-hybridized carbons (Fsp3) is 0.231. The van der Waals surface area contributed by atoms with Gasteiger partial charge in [0.1, 0.15) is 16.5 Å². The van der Waals surface area contributed by atoms with E-state index in [2.05, 4.69) is 9.84 Å². The Morgan fingerprint density at radius 2 is 2.09 bits per heavy atom. The number of benzene rings is 1. The molecule has 4 nitrogen and oxygen atoms in total. The average molecular weight is 350 g/mol. The molecule has 1 aromatic carbocycles. The molecule has 1 heterocycles. The highest BCUT2D eigenvalue weighted by atomic mass is 35.5. The summed E-state index contributed by atoms with van der Waals surface area (Å²) in [7, 11) is 1.33. The van der Waals surface area contributed by atoms with Crippen LogP contribution in [0.25, 0.3) is 11.3 Å². The van der Waals surface area contributed by atoms with Crippen LogP contribution in [0.2, 0.25) is 10.0 Å². The summed E-state index contributed by atoms with van der Waals surface area (Å²) in [4.78, 5) is 0. The molecule has 9 heteroatoms. The van der Waals surface area contributed by atoms with Crippen LogP contribution in [0.15, 0.2) is 12.1 Å². The van der Waals surface area contributed by atoms with Crippen LogP contribution in [0.5, 0.6) is 5.88 Å². The Kier molecular flexibility index (Phi) is 4.84. The first kappa shape index (κ1) is 16.5. The van der Waals surface area contributed by atoms with Crippen molar-refractivity contribution in [1.82, 2.24) is 9.78 Å². The summed E-state index contributed by atoms with van der Waals surface area (Å²) in [5.41, 5.74) is 0.242. The molecule has 22 heavy (non-hydrogen) atoms. The first-order valence-corrected chi connectivity index (χ1v) is 6.63. The molecular weight excluding hydrogens is 342 g/mol. The summed E-state index contributed by atoms with van der Waals surface area (Å²) in [5.74, 6) is -1.13. The van der Waals surface area contributed by atoms with Gasteiger partial charge in [-0.1, -0.05) is 23.2 Å². The smallest absolute Gasteiger partial charge is 0.388 e. The number of halogens is 5. The molecule has 0 saturated carbocycles. The predicted molar refractivity (Wildman–Crippen MR) is 74.6 cm³/mol. The zero-order valence-corrected chi connectivity index (χ0v) is 12.6. The Balaban J connectivity index is 2.57. The number of aryl methyl sites for hydroxylation is 1. The minimum atomic E-state index is -3.09. The molecule has 0 amide bonds. The molecule has 0 spiro atoms. The largest absolute Gasteiger partial charge is 0.416 e. The van der Waals surface area contributed by atoms with Gasteiger partial charge >= 0.3 is 6.61 Å². The van der Waals surface area contributed by atoms with Crippen LogP contribution in [0, 0.1) is 17.1 Å². The summed E-state index contributed by atoms with van der Waals surface area (Å²) in [5, 5.41) is 12.4. The lowest BCUT2D eigenvalue weighted by molar-refractivity contribution is -0.0552. The van der Waals surface area contributed by atoms with Gasteiger partial charge in [0.25, 0.3) is 0 Å². The van der Waals surface area contributed by atoms with Gasteiger partial charge in [0, 0.05) is 17.6 Å². The van der Waals surface area contributed by atoms with Gasteiger partial charge in [-0.2, -0.15) is 19.1 Å². The maximum atomic E-state index is 14.1. The van der Waals surface area contributed by atoms with Crippen molar-refractivity contribution in [2.24, 2.45) is 7.05 Å². The van der Waals surface area contributed by atoms with Crippen LogP contribution in [0.1, 0.15) is 5.56 Å². The van der Waals surface area contributed by atoms with Crippen LogP contribution in [0.3, 0.4) is 0 Å². The highest BCUT2D eigenvalue weighted by molar-refractivity contribution is 6.34.